The highest BCUT2D eigenvalue weighted by Gasteiger charge is 2.18. The van der Waals surface area contributed by atoms with Crippen molar-refractivity contribution in [3.8, 4) is 5.75 Å². The molecule has 0 aliphatic rings. The highest BCUT2D eigenvalue weighted by molar-refractivity contribution is 6.31. The number of halogens is 1. The summed E-state index contributed by atoms with van der Waals surface area (Å²) in [6, 6.07) is 4.54. The van der Waals surface area contributed by atoms with Crippen LogP contribution < -0.4 is 15.4 Å². The van der Waals surface area contributed by atoms with Crippen LogP contribution in [0, 0.1) is 5.41 Å². The maximum Gasteiger partial charge on any atom is 0.397 e. The molecule has 0 aliphatic carbocycles. The molecular formula is C25H29ClN6O5. The standard InChI is InChI=1S/C25H29ClN6O5/c1-6-15(4)20(14-29-19(7-2)22-31-24(37-32-22)25(34)35-8-3)36-18-12-16(11-17(26)13-18)23(33)30-21(27)9-10-28-5/h7,9-14,28H,6,8H2,1-5H3,(H2,27,30,33)/b10-9-,19-7-,20-15+,29-14-. The number of aliphatic imine (C=N–C) groups is 1. The third-order valence-corrected chi connectivity index (χ3v) is 4.89. The van der Waals surface area contributed by atoms with E-state index in [2.05, 4.69) is 25.8 Å². The van der Waals surface area contributed by atoms with E-state index < -0.39 is 11.9 Å². The molecule has 0 atom stereocenters. The molecule has 0 unspecified atom stereocenters. The maximum atomic E-state index is 12.6. The summed E-state index contributed by atoms with van der Waals surface area (Å²) < 4.78 is 15.9. The van der Waals surface area contributed by atoms with E-state index in [1.54, 1.807) is 33.0 Å². The minimum absolute atomic E-state index is 0.0946. The Morgan fingerprint density at radius 3 is 2.68 bits per heavy atom. The molecule has 2 rings (SSSR count). The largest absolute Gasteiger partial charge is 0.459 e. The number of amides is 1. The number of carbonyl (C=O) groups is 2. The Balaban J connectivity index is 2.28. The fraction of sp³-hybridized carbons (Fsp3) is 0.280. The predicted molar refractivity (Wildman–Crippen MR) is 141 cm³/mol. The van der Waals surface area contributed by atoms with Crippen molar-refractivity contribution in [2.24, 2.45) is 4.99 Å². The average molecular weight is 529 g/mol. The SMILES string of the molecule is C\C=C(/N=C\C(Oc1cc(Cl)cc(C(=O)NC(=N)/C=C\NC)c1)=C(\C)CC)c1noc(C(=O)OCC)n1. The lowest BCUT2D eigenvalue weighted by Gasteiger charge is -2.12. The fourth-order valence-corrected chi connectivity index (χ4v) is 2.90. The normalized spacial score (nSPS) is 12.4. The maximum absolute atomic E-state index is 12.6. The molecule has 1 aromatic carbocycles. The van der Waals surface area contributed by atoms with Gasteiger partial charge >= 0.3 is 11.9 Å². The van der Waals surface area contributed by atoms with Gasteiger partial charge in [0.15, 0.2) is 0 Å². The van der Waals surface area contributed by atoms with Crippen molar-refractivity contribution >= 4 is 41.2 Å². The van der Waals surface area contributed by atoms with Crippen molar-refractivity contribution in [2.45, 2.75) is 34.1 Å². The number of aromatic nitrogens is 2. The quantitative estimate of drug-likeness (QED) is 0.166. The van der Waals surface area contributed by atoms with E-state index in [1.165, 1.54) is 30.6 Å². The number of hydrogen-bond acceptors (Lipinski definition) is 10. The lowest BCUT2D eigenvalue weighted by molar-refractivity contribution is 0.0470. The molecule has 12 heteroatoms. The first-order chi connectivity index (χ1) is 17.7. The second-order valence-electron chi connectivity index (χ2n) is 7.34. The van der Waals surface area contributed by atoms with Gasteiger partial charge in [0.2, 0.25) is 5.82 Å². The monoisotopic (exact) mass is 528 g/mol. The van der Waals surface area contributed by atoms with Crippen LogP contribution >= 0.6 is 11.6 Å². The van der Waals surface area contributed by atoms with Gasteiger partial charge in [-0.3, -0.25) is 10.2 Å². The van der Waals surface area contributed by atoms with Crippen LogP contribution in [-0.4, -0.2) is 47.7 Å². The summed E-state index contributed by atoms with van der Waals surface area (Å²) in [6.07, 6.45) is 6.71. The van der Waals surface area contributed by atoms with Crippen LogP contribution in [0.1, 0.15) is 61.0 Å². The zero-order valence-corrected chi connectivity index (χ0v) is 22.0. The summed E-state index contributed by atoms with van der Waals surface area (Å²) >= 11 is 6.23. The highest BCUT2D eigenvalue weighted by atomic mass is 35.5. The van der Waals surface area contributed by atoms with E-state index in [4.69, 9.17) is 31.0 Å². The number of benzene rings is 1. The van der Waals surface area contributed by atoms with Gasteiger partial charge in [-0.25, -0.2) is 9.79 Å². The second kappa shape index (κ2) is 14.3. The number of nitrogens with zero attached hydrogens (tertiary/aromatic N) is 3. The Morgan fingerprint density at radius 1 is 1.27 bits per heavy atom. The number of esters is 1. The number of ether oxygens (including phenoxy) is 2. The molecule has 0 spiro atoms. The van der Waals surface area contributed by atoms with Crippen LogP contribution in [0.15, 0.2) is 57.4 Å². The van der Waals surface area contributed by atoms with Crippen molar-refractivity contribution < 1.29 is 23.6 Å². The van der Waals surface area contributed by atoms with Crippen molar-refractivity contribution in [3.05, 3.63) is 70.2 Å². The van der Waals surface area contributed by atoms with Crippen LogP contribution in [0.4, 0.5) is 0 Å². The Kier molecular flexibility index (Phi) is 11.2. The van der Waals surface area contributed by atoms with Gasteiger partial charge in [0, 0.05) is 17.6 Å². The van der Waals surface area contributed by atoms with Gasteiger partial charge < -0.3 is 24.6 Å². The Labute approximate surface area is 219 Å². The van der Waals surface area contributed by atoms with E-state index in [0.29, 0.717) is 23.6 Å². The Bertz CT molecular complexity index is 1260. The summed E-state index contributed by atoms with van der Waals surface area (Å²) in [5.41, 5.74) is 1.41. The molecule has 3 N–H and O–H groups in total. The first-order valence-corrected chi connectivity index (χ1v) is 11.7. The first kappa shape index (κ1) is 29.0. The van der Waals surface area contributed by atoms with Gasteiger partial charge in [-0.05, 0) is 63.2 Å². The summed E-state index contributed by atoms with van der Waals surface area (Å²) in [5.74, 6) is -0.794. The molecule has 1 heterocycles. The van der Waals surface area contributed by atoms with Crippen LogP contribution in [0.3, 0.4) is 0 Å². The van der Waals surface area contributed by atoms with Gasteiger partial charge in [-0.1, -0.05) is 29.8 Å². The molecule has 1 aromatic heterocycles. The van der Waals surface area contributed by atoms with E-state index in [-0.39, 0.29) is 34.7 Å². The summed E-state index contributed by atoms with van der Waals surface area (Å²) in [6.45, 7) is 7.40. The predicted octanol–water partition coefficient (Wildman–Crippen LogP) is 4.53. The van der Waals surface area contributed by atoms with Crippen LogP contribution in [0.5, 0.6) is 5.75 Å². The van der Waals surface area contributed by atoms with Crippen LogP contribution in [-0.2, 0) is 4.74 Å². The number of nitrogens with one attached hydrogen (secondary N) is 3. The molecular weight excluding hydrogens is 500 g/mol. The number of rotatable bonds is 11. The summed E-state index contributed by atoms with van der Waals surface area (Å²) in [5, 5.41) is 17.1. The molecule has 0 aliphatic heterocycles. The molecule has 37 heavy (non-hydrogen) atoms. The summed E-state index contributed by atoms with van der Waals surface area (Å²) in [4.78, 5) is 32.8. The molecule has 11 nitrogen and oxygen atoms in total. The van der Waals surface area contributed by atoms with Crippen LogP contribution in [0.25, 0.3) is 5.70 Å². The number of carbonyl (C=O) groups excluding carboxylic acids is 2. The van der Waals surface area contributed by atoms with Crippen molar-refractivity contribution in [3.63, 3.8) is 0 Å². The Hall–Kier alpha value is -4.25. The van der Waals surface area contributed by atoms with Crippen molar-refractivity contribution in [1.82, 2.24) is 20.8 Å². The first-order valence-electron chi connectivity index (χ1n) is 11.4. The Morgan fingerprint density at radius 2 is 2.03 bits per heavy atom. The van der Waals surface area contributed by atoms with Crippen LogP contribution in [0.2, 0.25) is 5.02 Å². The third kappa shape index (κ3) is 8.73. The van der Waals surface area contributed by atoms with E-state index in [1.807, 2.05) is 13.8 Å². The number of allylic oxidation sites excluding steroid dienone is 3. The zero-order valence-electron chi connectivity index (χ0n) is 21.2. The molecule has 196 valence electrons. The van der Waals surface area contributed by atoms with E-state index in [0.717, 1.165) is 5.57 Å². The van der Waals surface area contributed by atoms with Crippen molar-refractivity contribution in [2.75, 3.05) is 13.7 Å². The lowest BCUT2D eigenvalue weighted by Crippen LogP contribution is -2.28. The molecule has 0 saturated carbocycles. The second-order valence-corrected chi connectivity index (χ2v) is 7.78. The minimum atomic E-state index is -0.722. The van der Waals surface area contributed by atoms with Gasteiger partial charge in [-0.15, -0.1) is 0 Å². The topological polar surface area (TPSA) is 152 Å². The smallest absolute Gasteiger partial charge is 0.397 e. The van der Waals surface area contributed by atoms with Gasteiger partial charge in [0.25, 0.3) is 5.91 Å². The molecule has 1 amide bonds. The zero-order chi connectivity index (χ0) is 27.4. The third-order valence-electron chi connectivity index (χ3n) is 4.68. The van der Waals surface area contributed by atoms with Gasteiger partial charge in [0.05, 0.1) is 12.8 Å². The molecule has 0 bridgehead atoms. The van der Waals surface area contributed by atoms with E-state index >= 15 is 0 Å². The number of hydrogen-bond donors (Lipinski definition) is 3. The highest BCUT2D eigenvalue weighted by Crippen LogP contribution is 2.24. The van der Waals surface area contributed by atoms with Gasteiger partial charge in [-0.2, -0.15) is 4.98 Å². The van der Waals surface area contributed by atoms with Crippen molar-refractivity contribution in [1.29, 1.82) is 5.41 Å². The molecule has 2 aromatic rings. The summed E-state index contributed by atoms with van der Waals surface area (Å²) in [7, 11) is 1.68. The average Bonchev–Trinajstić information content (AvgIpc) is 3.36. The molecule has 0 saturated heterocycles. The number of amidine groups is 1. The minimum Gasteiger partial charge on any atom is -0.459 e. The lowest BCUT2D eigenvalue weighted by atomic mass is 10.2. The molecule has 0 radical (unpaired) electrons. The van der Waals surface area contributed by atoms with E-state index in [9.17, 15) is 9.59 Å². The fourth-order valence-electron chi connectivity index (χ4n) is 2.67. The van der Waals surface area contributed by atoms with Gasteiger partial charge in [0.1, 0.15) is 23.0 Å². The molecule has 0 fully saturated rings.